The Bertz CT molecular complexity index is 601. The number of carboxylic acid groups (broad SMARTS) is 1. The first-order chi connectivity index (χ1) is 7.63. The van der Waals surface area contributed by atoms with E-state index in [2.05, 4.69) is 0 Å². The lowest BCUT2D eigenvalue weighted by Crippen LogP contribution is -2.28. The molecule has 1 N–H and O–H groups in total. The third-order valence-electron chi connectivity index (χ3n) is 3.19. The zero-order valence-corrected chi connectivity index (χ0v) is 9.16. The highest BCUT2D eigenvalue weighted by Crippen LogP contribution is 2.45. The van der Waals surface area contributed by atoms with E-state index in [-0.39, 0.29) is 0 Å². The number of alkyl halides is 1. The fourth-order valence-corrected chi connectivity index (χ4v) is 2.75. The van der Waals surface area contributed by atoms with Crippen molar-refractivity contribution in [1.29, 1.82) is 0 Å². The van der Waals surface area contributed by atoms with Crippen LogP contribution in [0.1, 0.15) is 11.1 Å². The first-order valence-corrected chi connectivity index (χ1v) is 5.44. The minimum Gasteiger partial charge on any atom is -0.480 e. The molecular formula is C13H9ClO2. The number of rotatable bonds is 1. The molecule has 0 bridgehead atoms. The van der Waals surface area contributed by atoms with Crippen molar-refractivity contribution in [3.63, 3.8) is 0 Å². The molecular weight excluding hydrogens is 224 g/mol. The van der Waals surface area contributed by atoms with Crippen LogP contribution in [-0.2, 0) is 16.1 Å². The van der Waals surface area contributed by atoms with Crippen LogP contribution < -0.4 is 0 Å². The van der Waals surface area contributed by atoms with Gasteiger partial charge in [0.1, 0.15) is 0 Å². The summed E-state index contributed by atoms with van der Waals surface area (Å²) in [5.74, 6) is -0.974. The molecule has 1 unspecified atom stereocenters. The van der Waals surface area contributed by atoms with Gasteiger partial charge in [-0.05, 0) is 21.9 Å². The first-order valence-electron chi connectivity index (χ1n) is 5.06. The highest BCUT2D eigenvalue weighted by atomic mass is 35.5. The number of carbonyl (C=O) groups is 1. The molecule has 1 atom stereocenters. The Kier molecular flexibility index (Phi) is 1.80. The maximum Gasteiger partial charge on any atom is 0.329 e. The van der Waals surface area contributed by atoms with Crippen molar-refractivity contribution in [1.82, 2.24) is 0 Å². The Morgan fingerprint density at radius 2 is 1.94 bits per heavy atom. The average Bonchev–Trinajstić information content (AvgIpc) is 2.57. The molecule has 0 heterocycles. The number of hydrogen-bond acceptors (Lipinski definition) is 1. The predicted octanol–water partition coefficient (Wildman–Crippen LogP) is 2.91. The van der Waals surface area contributed by atoms with Crippen LogP contribution in [0.2, 0.25) is 0 Å². The van der Waals surface area contributed by atoms with Crippen molar-refractivity contribution in [2.45, 2.75) is 11.3 Å². The lowest BCUT2D eigenvalue weighted by molar-refractivity contribution is -0.140. The standard InChI is InChI=1S/C13H9ClO2/c14-13(12(15)16)7-9-5-1-3-8-4-2-6-10(13)11(8)9/h1-6H,7H2,(H,15,16). The molecule has 1 aliphatic carbocycles. The number of hydrogen-bond donors (Lipinski definition) is 1. The molecule has 2 nitrogen and oxygen atoms in total. The number of halogens is 1. The minimum atomic E-state index is -1.29. The van der Waals surface area contributed by atoms with Crippen LogP contribution in [0.4, 0.5) is 0 Å². The maximum atomic E-state index is 11.3. The summed E-state index contributed by atoms with van der Waals surface area (Å²) in [7, 11) is 0. The molecule has 0 spiro atoms. The molecule has 0 saturated heterocycles. The summed E-state index contributed by atoms with van der Waals surface area (Å²) in [6, 6.07) is 11.5. The molecule has 0 saturated carbocycles. The maximum absolute atomic E-state index is 11.3. The summed E-state index contributed by atoms with van der Waals surface area (Å²) in [5.41, 5.74) is 1.74. The van der Waals surface area contributed by atoms with E-state index in [0.29, 0.717) is 6.42 Å². The SMILES string of the molecule is O=C(O)C1(Cl)Cc2cccc3cccc1c23. The van der Waals surface area contributed by atoms with E-state index in [9.17, 15) is 9.90 Å². The quantitative estimate of drug-likeness (QED) is 0.768. The fourth-order valence-electron chi connectivity index (χ4n) is 2.44. The Morgan fingerprint density at radius 1 is 1.25 bits per heavy atom. The van der Waals surface area contributed by atoms with E-state index in [1.807, 2.05) is 30.3 Å². The molecule has 80 valence electrons. The average molecular weight is 233 g/mol. The lowest BCUT2D eigenvalue weighted by Gasteiger charge is -2.16. The van der Waals surface area contributed by atoms with Crippen molar-refractivity contribution < 1.29 is 9.90 Å². The Morgan fingerprint density at radius 3 is 2.62 bits per heavy atom. The van der Waals surface area contributed by atoms with E-state index in [1.165, 1.54) is 0 Å². The molecule has 0 radical (unpaired) electrons. The van der Waals surface area contributed by atoms with Gasteiger partial charge in [-0.2, -0.15) is 0 Å². The summed E-state index contributed by atoms with van der Waals surface area (Å²) in [6.45, 7) is 0. The molecule has 0 aliphatic heterocycles. The fraction of sp³-hybridized carbons (Fsp3) is 0.154. The topological polar surface area (TPSA) is 37.3 Å². The smallest absolute Gasteiger partial charge is 0.329 e. The molecule has 0 amide bonds. The second-order valence-corrected chi connectivity index (χ2v) is 4.75. The number of aliphatic carboxylic acids is 1. The monoisotopic (exact) mass is 232 g/mol. The van der Waals surface area contributed by atoms with Gasteiger partial charge in [0.25, 0.3) is 0 Å². The van der Waals surface area contributed by atoms with Crippen LogP contribution in [-0.4, -0.2) is 11.1 Å². The van der Waals surface area contributed by atoms with E-state index in [4.69, 9.17) is 11.6 Å². The normalized spacial score (nSPS) is 22.6. The Labute approximate surface area is 97.5 Å². The van der Waals surface area contributed by atoms with Gasteiger partial charge in [0.05, 0.1) is 0 Å². The van der Waals surface area contributed by atoms with Crippen molar-refractivity contribution in [2.24, 2.45) is 0 Å². The molecule has 3 heteroatoms. The van der Waals surface area contributed by atoms with Crippen molar-refractivity contribution >= 4 is 28.3 Å². The minimum absolute atomic E-state index is 0.362. The molecule has 2 aromatic rings. The van der Waals surface area contributed by atoms with Crippen LogP contribution in [0, 0.1) is 0 Å². The van der Waals surface area contributed by atoms with Crippen LogP contribution in [0.5, 0.6) is 0 Å². The zero-order chi connectivity index (χ0) is 11.3. The highest BCUT2D eigenvalue weighted by Gasteiger charge is 2.44. The van der Waals surface area contributed by atoms with Gasteiger partial charge in [0, 0.05) is 6.42 Å². The largest absolute Gasteiger partial charge is 0.480 e. The molecule has 0 fully saturated rings. The zero-order valence-electron chi connectivity index (χ0n) is 8.40. The Hall–Kier alpha value is -1.54. The molecule has 3 rings (SSSR count). The summed E-state index contributed by atoms with van der Waals surface area (Å²) in [4.78, 5) is 10.0. The summed E-state index contributed by atoms with van der Waals surface area (Å²) < 4.78 is 0. The van der Waals surface area contributed by atoms with E-state index in [1.54, 1.807) is 6.07 Å². The predicted molar refractivity (Wildman–Crippen MR) is 62.8 cm³/mol. The van der Waals surface area contributed by atoms with Gasteiger partial charge < -0.3 is 5.11 Å². The summed E-state index contributed by atoms with van der Waals surface area (Å²) >= 11 is 6.24. The van der Waals surface area contributed by atoms with Crippen LogP contribution in [0.25, 0.3) is 10.8 Å². The molecule has 1 aliphatic rings. The summed E-state index contributed by atoms with van der Waals surface area (Å²) in [5, 5.41) is 11.3. The molecule has 0 aromatic heterocycles. The van der Waals surface area contributed by atoms with Gasteiger partial charge >= 0.3 is 5.97 Å². The number of benzene rings is 2. The highest BCUT2D eigenvalue weighted by molar-refractivity contribution is 6.35. The third-order valence-corrected chi connectivity index (χ3v) is 3.69. The van der Waals surface area contributed by atoms with Crippen molar-refractivity contribution in [3.8, 4) is 0 Å². The summed E-state index contributed by atoms with van der Waals surface area (Å²) in [6.07, 6.45) is 0.362. The van der Waals surface area contributed by atoms with Gasteiger partial charge in [-0.1, -0.05) is 36.4 Å². The van der Waals surface area contributed by atoms with Gasteiger partial charge in [-0.3, -0.25) is 0 Å². The van der Waals surface area contributed by atoms with Gasteiger partial charge in [0.15, 0.2) is 4.87 Å². The Balaban J connectivity index is 2.42. The van der Waals surface area contributed by atoms with Gasteiger partial charge in [-0.25, -0.2) is 4.79 Å². The second kappa shape index (κ2) is 2.98. The van der Waals surface area contributed by atoms with E-state index in [0.717, 1.165) is 21.9 Å². The first kappa shape index (κ1) is 9.67. The third kappa shape index (κ3) is 1.05. The number of carboxylic acids is 1. The second-order valence-electron chi connectivity index (χ2n) is 4.10. The van der Waals surface area contributed by atoms with Crippen LogP contribution >= 0.6 is 11.6 Å². The van der Waals surface area contributed by atoms with Crippen LogP contribution in [0.3, 0.4) is 0 Å². The van der Waals surface area contributed by atoms with Crippen molar-refractivity contribution in [3.05, 3.63) is 47.5 Å². The lowest BCUT2D eigenvalue weighted by atomic mass is 9.99. The van der Waals surface area contributed by atoms with E-state index < -0.39 is 10.8 Å². The van der Waals surface area contributed by atoms with Crippen molar-refractivity contribution in [2.75, 3.05) is 0 Å². The molecule has 16 heavy (non-hydrogen) atoms. The van der Waals surface area contributed by atoms with Gasteiger partial charge in [-0.15, -0.1) is 11.6 Å². The molecule has 2 aromatic carbocycles. The van der Waals surface area contributed by atoms with Crippen LogP contribution in [0.15, 0.2) is 36.4 Å². The van der Waals surface area contributed by atoms with E-state index >= 15 is 0 Å². The van der Waals surface area contributed by atoms with Gasteiger partial charge in [0.2, 0.25) is 0 Å².